The van der Waals surface area contributed by atoms with Crippen molar-refractivity contribution < 1.29 is 13.2 Å². The van der Waals surface area contributed by atoms with Crippen LogP contribution in [0.1, 0.15) is 6.42 Å². The van der Waals surface area contributed by atoms with Crippen LogP contribution in [-0.4, -0.2) is 52.6 Å². The van der Waals surface area contributed by atoms with Crippen molar-refractivity contribution in [3.05, 3.63) is 53.6 Å². The van der Waals surface area contributed by atoms with Crippen LogP contribution < -0.4 is 0 Å². The summed E-state index contributed by atoms with van der Waals surface area (Å²) in [6, 6.07) is 13.5. The third kappa shape index (κ3) is 3.42. The topological polar surface area (TPSA) is 85.2 Å². The number of hydrogen-bond donors (Lipinski definition) is 0. The Kier molecular flexibility index (Phi) is 4.61. The van der Waals surface area contributed by atoms with Crippen molar-refractivity contribution in [3.8, 4) is 0 Å². The Labute approximate surface area is 161 Å². The van der Waals surface area contributed by atoms with Crippen LogP contribution in [-0.2, 0) is 21.2 Å². The van der Waals surface area contributed by atoms with Crippen LogP contribution in [0.2, 0.25) is 5.02 Å². The molecule has 2 heterocycles. The Morgan fingerprint density at radius 3 is 2.67 bits per heavy atom. The lowest BCUT2D eigenvalue weighted by Gasteiger charge is -2.17. The maximum atomic E-state index is 12.8. The number of fused-ring (bicyclic) bond motifs is 1. The van der Waals surface area contributed by atoms with E-state index in [1.54, 1.807) is 21.7 Å². The van der Waals surface area contributed by atoms with Gasteiger partial charge in [0.05, 0.1) is 15.7 Å². The van der Waals surface area contributed by atoms with Crippen LogP contribution in [0, 0.1) is 0 Å². The maximum absolute atomic E-state index is 12.8. The van der Waals surface area contributed by atoms with Crippen molar-refractivity contribution >= 4 is 38.4 Å². The average Bonchev–Trinajstić information content (AvgIpc) is 3.30. The largest absolute Gasteiger partial charge is 0.340 e. The zero-order chi connectivity index (χ0) is 19.0. The Balaban J connectivity index is 1.47. The second-order valence-corrected chi connectivity index (χ2v) is 9.15. The SMILES string of the molecule is O=C(Cn1nnc2ccccc21)N1CCC(S(=O)(=O)c2ccc(Cl)cc2)C1. The molecule has 1 saturated heterocycles. The summed E-state index contributed by atoms with van der Waals surface area (Å²) in [5.41, 5.74) is 1.49. The molecule has 9 heteroatoms. The van der Waals surface area contributed by atoms with Gasteiger partial charge in [-0.1, -0.05) is 28.9 Å². The average molecular weight is 405 g/mol. The molecular weight excluding hydrogens is 388 g/mol. The predicted octanol–water partition coefficient (Wildman–Crippen LogP) is 2.16. The Morgan fingerprint density at radius 2 is 1.89 bits per heavy atom. The molecule has 1 fully saturated rings. The van der Waals surface area contributed by atoms with Crippen molar-refractivity contribution in [3.63, 3.8) is 0 Å². The summed E-state index contributed by atoms with van der Waals surface area (Å²) in [5.74, 6) is -0.167. The van der Waals surface area contributed by atoms with E-state index in [2.05, 4.69) is 10.3 Å². The Bertz CT molecular complexity index is 1100. The van der Waals surface area contributed by atoms with Gasteiger partial charge in [-0.25, -0.2) is 13.1 Å². The highest BCUT2D eigenvalue weighted by molar-refractivity contribution is 7.92. The molecular formula is C18H17ClN4O3S. The van der Waals surface area contributed by atoms with E-state index in [0.29, 0.717) is 18.0 Å². The summed E-state index contributed by atoms with van der Waals surface area (Å²) < 4.78 is 27.1. The zero-order valence-corrected chi connectivity index (χ0v) is 15.9. The fraction of sp³-hybridized carbons (Fsp3) is 0.278. The molecule has 7 nitrogen and oxygen atoms in total. The van der Waals surface area contributed by atoms with Gasteiger partial charge < -0.3 is 4.90 Å². The van der Waals surface area contributed by atoms with Gasteiger partial charge in [0.1, 0.15) is 12.1 Å². The molecule has 0 radical (unpaired) electrons. The first-order chi connectivity index (χ1) is 12.9. The number of nitrogens with zero attached hydrogens (tertiary/aromatic N) is 4. The van der Waals surface area contributed by atoms with Crippen molar-refractivity contribution in [1.29, 1.82) is 0 Å². The number of carbonyl (C=O) groups is 1. The highest BCUT2D eigenvalue weighted by Gasteiger charge is 2.36. The lowest BCUT2D eigenvalue weighted by molar-refractivity contribution is -0.130. The second kappa shape index (κ2) is 6.94. The number of rotatable bonds is 4. The van der Waals surface area contributed by atoms with Crippen LogP contribution in [0.5, 0.6) is 0 Å². The number of carbonyl (C=O) groups excluding carboxylic acids is 1. The van der Waals surface area contributed by atoms with Gasteiger partial charge in [0.15, 0.2) is 9.84 Å². The molecule has 1 atom stereocenters. The van der Waals surface area contributed by atoms with Crippen LogP contribution >= 0.6 is 11.6 Å². The molecule has 1 amide bonds. The fourth-order valence-corrected chi connectivity index (χ4v) is 5.11. The number of sulfone groups is 1. The zero-order valence-electron chi connectivity index (χ0n) is 14.3. The standard InChI is InChI=1S/C18H17ClN4O3S/c19-13-5-7-14(8-6-13)27(25,26)15-9-10-22(11-15)18(24)12-23-17-4-2-1-3-16(17)20-21-23/h1-8,15H,9-12H2. The number of benzene rings is 2. The van der Waals surface area contributed by atoms with E-state index in [-0.39, 0.29) is 23.9 Å². The van der Waals surface area contributed by atoms with E-state index in [4.69, 9.17) is 11.6 Å². The van der Waals surface area contributed by atoms with Gasteiger partial charge in [-0.3, -0.25) is 4.79 Å². The number of amides is 1. The summed E-state index contributed by atoms with van der Waals surface area (Å²) in [4.78, 5) is 14.4. The van der Waals surface area contributed by atoms with Gasteiger partial charge in [0, 0.05) is 18.1 Å². The summed E-state index contributed by atoms with van der Waals surface area (Å²) in [7, 11) is -3.51. The number of para-hydroxylation sites is 1. The van der Waals surface area contributed by atoms with Crippen molar-refractivity contribution in [1.82, 2.24) is 19.9 Å². The Morgan fingerprint density at radius 1 is 1.15 bits per heavy atom. The van der Waals surface area contributed by atoms with Crippen LogP contribution in [0.4, 0.5) is 0 Å². The molecule has 0 bridgehead atoms. The second-order valence-electron chi connectivity index (χ2n) is 6.49. The quantitative estimate of drug-likeness (QED) is 0.665. The molecule has 2 aromatic carbocycles. The molecule has 1 aliphatic heterocycles. The molecule has 4 rings (SSSR count). The first-order valence-corrected chi connectivity index (χ1v) is 10.4. The smallest absolute Gasteiger partial charge is 0.244 e. The molecule has 27 heavy (non-hydrogen) atoms. The van der Waals surface area contributed by atoms with Crippen LogP contribution in [0.25, 0.3) is 11.0 Å². The van der Waals surface area contributed by atoms with Gasteiger partial charge in [-0.15, -0.1) is 5.10 Å². The van der Waals surface area contributed by atoms with E-state index >= 15 is 0 Å². The molecule has 0 aliphatic carbocycles. The highest BCUT2D eigenvalue weighted by Crippen LogP contribution is 2.25. The van der Waals surface area contributed by atoms with Gasteiger partial charge in [0.2, 0.25) is 5.91 Å². The van der Waals surface area contributed by atoms with Crippen LogP contribution in [0.3, 0.4) is 0 Å². The minimum atomic E-state index is -3.51. The van der Waals surface area contributed by atoms with Gasteiger partial charge in [-0.05, 0) is 42.8 Å². The predicted molar refractivity (Wildman–Crippen MR) is 101 cm³/mol. The van der Waals surface area contributed by atoms with Crippen molar-refractivity contribution in [2.45, 2.75) is 23.1 Å². The third-order valence-corrected chi connectivity index (χ3v) is 7.23. The van der Waals surface area contributed by atoms with Gasteiger partial charge >= 0.3 is 0 Å². The van der Waals surface area contributed by atoms with E-state index < -0.39 is 15.1 Å². The normalized spacial score (nSPS) is 17.5. The van der Waals surface area contributed by atoms with E-state index in [9.17, 15) is 13.2 Å². The molecule has 0 N–H and O–H groups in total. The number of hydrogen-bond acceptors (Lipinski definition) is 5. The molecule has 1 aromatic heterocycles. The fourth-order valence-electron chi connectivity index (χ4n) is 3.29. The molecule has 1 unspecified atom stereocenters. The van der Waals surface area contributed by atoms with E-state index in [1.807, 2.05) is 24.3 Å². The van der Waals surface area contributed by atoms with E-state index in [1.165, 1.54) is 12.1 Å². The van der Waals surface area contributed by atoms with E-state index in [0.717, 1.165) is 11.0 Å². The minimum absolute atomic E-state index is 0.0359. The number of likely N-dealkylation sites (tertiary alicyclic amines) is 1. The molecule has 3 aromatic rings. The van der Waals surface area contributed by atoms with Crippen LogP contribution in [0.15, 0.2) is 53.4 Å². The summed E-state index contributed by atoms with van der Waals surface area (Å²) >= 11 is 5.83. The number of aromatic nitrogens is 3. The first-order valence-electron chi connectivity index (χ1n) is 8.50. The summed E-state index contributed by atoms with van der Waals surface area (Å²) in [6.45, 7) is 0.619. The molecule has 0 saturated carbocycles. The lowest BCUT2D eigenvalue weighted by Crippen LogP contribution is -2.34. The van der Waals surface area contributed by atoms with Gasteiger partial charge in [-0.2, -0.15) is 0 Å². The number of halogens is 1. The summed E-state index contributed by atoms with van der Waals surface area (Å²) in [6.07, 6.45) is 0.412. The summed E-state index contributed by atoms with van der Waals surface area (Å²) in [5, 5.41) is 7.92. The Hall–Kier alpha value is -2.45. The van der Waals surface area contributed by atoms with Crippen molar-refractivity contribution in [2.24, 2.45) is 0 Å². The third-order valence-electron chi connectivity index (χ3n) is 4.78. The molecule has 1 aliphatic rings. The maximum Gasteiger partial charge on any atom is 0.244 e. The lowest BCUT2D eigenvalue weighted by atomic mass is 10.3. The van der Waals surface area contributed by atoms with Gasteiger partial charge in [0.25, 0.3) is 0 Å². The minimum Gasteiger partial charge on any atom is -0.340 e. The molecule has 140 valence electrons. The highest BCUT2D eigenvalue weighted by atomic mass is 35.5. The monoisotopic (exact) mass is 404 g/mol. The van der Waals surface area contributed by atoms with Crippen molar-refractivity contribution in [2.75, 3.05) is 13.1 Å². The first kappa shape index (κ1) is 17.9. The molecule has 0 spiro atoms.